The first-order valence-electron chi connectivity index (χ1n) is 6.39. The predicted molar refractivity (Wildman–Crippen MR) is 68.6 cm³/mol. The van der Waals surface area contributed by atoms with Crippen molar-refractivity contribution in [2.75, 3.05) is 19.6 Å². The Morgan fingerprint density at radius 1 is 1.47 bits per heavy atom. The highest BCUT2D eigenvalue weighted by Gasteiger charge is 2.19. The lowest BCUT2D eigenvalue weighted by molar-refractivity contribution is 0.446. The number of hydrogen-bond acceptors (Lipinski definition) is 2. The molecule has 1 aliphatic heterocycles. The van der Waals surface area contributed by atoms with E-state index in [2.05, 4.69) is 24.5 Å². The van der Waals surface area contributed by atoms with Gasteiger partial charge < -0.3 is 10.6 Å². The van der Waals surface area contributed by atoms with Gasteiger partial charge in [-0.15, -0.1) is 0 Å². The van der Waals surface area contributed by atoms with Gasteiger partial charge in [0.1, 0.15) is 5.82 Å². The van der Waals surface area contributed by atoms with Crippen molar-refractivity contribution in [2.24, 2.45) is 5.92 Å². The van der Waals surface area contributed by atoms with Crippen LogP contribution in [0.1, 0.15) is 31.0 Å². The molecule has 0 spiro atoms. The minimum Gasteiger partial charge on any atom is -0.315 e. The van der Waals surface area contributed by atoms with Gasteiger partial charge in [0.05, 0.1) is 0 Å². The molecule has 94 valence electrons. The van der Waals surface area contributed by atoms with Crippen LogP contribution < -0.4 is 10.6 Å². The molecule has 2 rings (SSSR count). The van der Waals surface area contributed by atoms with E-state index < -0.39 is 0 Å². The first kappa shape index (κ1) is 12.5. The zero-order chi connectivity index (χ0) is 12.3. The Bertz CT molecular complexity index is 376. The van der Waals surface area contributed by atoms with Gasteiger partial charge in [-0.25, -0.2) is 4.39 Å². The zero-order valence-electron chi connectivity index (χ0n) is 10.6. The highest BCUT2D eigenvalue weighted by atomic mass is 19.1. The highest BCUT2D eigenvalue weighted by molar-refractivity contribution is 5.33. The van der Waals surface area contributed by atoms with E-state index >= 15 is 0 Å². The molecule has 3 heteroatoms. The van der Waals surface area contributed by atoms with Crippen LogP contribution in [0.15, 0.2) is 18.2 Å². The molecule has 0 bridgehead atoms. The van der Waals surface area contributed by atoms with Gasteiger partial charge in [-0.1, -0.05) is 19.9 Å². The lowest BCUT2D eigenvalue weighted by Gasteiger charge is -2.27. The van der Waals surface area contributed by atoms with Gasteiger partial charge in [0, 0.05) is 12.6 Å². The van der Waals surface area contributed by atoms with E-state index in [4.69, 9.17) is 0 Å². The van der Waals surface area contributed by atoms with Gasteiger partial charge in [-0.3, -0.25) is 0 Å². The lowest BCUT2D eigenvalue weighted by Crippen LogP contribution is -2.37. The Hall–Kier alpha value is -0.930. The van der Waals surface area contributed by atoms with Gasteiger partial charge in [0.15, 0.2) is 0 Å². The third kappa shape index (κ3) is 3.27. The number of fused-ring (bicyclic) bond motifs is 1. The summed E-state index contributed by atoms with van der Waals surface area (Å²) in [5.41, 5.74) is 2.40. The van der Waals surface area contributed by atoms with E-state index in [9.17, 15) is 4.39 Å². The normalized spacial score (nSPS) is 19.4. The summed E-state index contributed by atoms with van der Waals surface area (Å²) in [5.74, 6) is 0.533. The smallest absolute Gasteiger partial charge is 0.123 e. The molecule has 1 heterocycles. The molecule has 1 atom stereocenters. The first-order valence-corrected chi connectivity index (χ1v) is 6.39. The number of benzene rings is 1. The van der Waals surface area contributed by atoms with E-state index in [0.717, 1.165) is 31.6 Å². The van der Waals surface area contributed by atoms with Crippen molar-refractivity contribution in [3.63, 3.8) is 0 Å². The van der Waals surface area contributed by atoms with Gasteiger partial charge in [-0.2, -0.15) is 0 Å². The van der Waals surface area contributed by atoms with Crippen LogP contribution in [0.5, 0.6) is 0 Å². The van der Waals surface area contributed by atoms with E-state index in [1.165, 1.54) is 5.56 Å². The topological polar surface area (TPSA) is 24.1 Å². The van der Waals surface area contributed by atoms with Crippen LogP contribution in [0.3, 0.4) is 0 Å². The molecule has 1 aliphatic rings. The fourth-order valence-corrected chi connectivity index (χ4v) is 2.32. The van der Waals surface area contributed by atoms with E-state index in [1.807, 2.05) is 6.07 Å². The maximum atomic E-state index is 13.1. The maximum absolute atomic E-state index is 13.1. The Balaban J connectivity index is 2.02. The summed E-state index contributed by atoms with van der Waals surface area (Å²) in [4.78, 5) is 0. The fraction of sp³-hybridized carbons (Fsp3) is 0.571. The second-order valence-electron chi connectivity index (χ2n) is 5.15. The van der Waals surface area contributed by atoms with Gasteiger partial charge in [0.25, 0.3) is 0 Å². The van der Waals surface area contributed by atoms with Crippen LogP contribution in [0.25, 0.3) is 0 Å². The summed E-state index contributed by atoms with van der Waals surface area (Å²) < 4.78 is 13.1. The number of rotatable bonds is 4. The first-order chi connectivity index (χ1) is 8.16. The standard InChI is InChI=1S/C14H21FN2/c1-10(2)8-16-9-14-13-4-3-12(15)7-11(13)5-6-17-14/h3-4,7,10,14,16-17H,5-6,8-9H2,1-2H3. The summed E-state index contributed by atoms with van der Waals surface area (Å²) in [6.07, 6.45) is 0.924. The van der Waals surface area contributed by atoms with E-state index in [1.54, 1.807) is 12.1 Å². The zero-order valence-corrected chi connectivity index (χ0v) is 10.6. The van der Waals surface area contributed by atoms with Crippen molar-refractivity contribution >= 4 is 0 Å². The van der Waals surface area contributed by atoms with Crippen molar-refractivity contribution in [2.45, 2.75) is 26.3 Å². The maximum Gasteiger partial charge on any atom is 0.123 e. The number of nitrogens with one attached hydrogen (secondary N) is 2. The Morgan fingerprint density at radius 2 is 2.29 bits per heavy atom. The minimum absolute atomic E-state index is 0.125. The molecule has 2 nitrogen and oxygen atoms in total. The number of hydrogen-bond donors (Lipinski definition) is 2. The second kappa shape index (κ2) is 5.61. The molecule has 0 amide bonds. The SMILES string of the molecule is CC(C)CNCC1NCCc2cc(F)ccc21. The summed E-state index contributed by atoms with van der Waals surface area (Å²) in [6.45, 7) is 7.27. The van der Waals surface area contributed by atoms with Crippen LogP contribution in [-0.2, 0) is 6.42 Å². The van der Waals surface area contributed by atoms with Crippen molar-refractivity contribution in [3.8, 4) is 0 Å². The van der Waals surface area contributed by atoms with Gasteiger partial charge in [0.2, 0.25) is 0 Å². The average molecular weight is 236 g/mol. The van der Waals surface area contributed by atoms with Gasteiger partial charge in [-0.05, 0) is 48.7 Å². The lowest BCUT2D eigenvalue weighted by atomic mass is 9.94. The molecule has 17 heavy (non-hydrogen) atoms. The monoisotopic (exact) mass is 236 g/mol. The van der Waals surface area contributed by atoms with Crippen LogP contribution in [-0.4, -0.2) is 19.6 Å². The molecular formula is C14H21FN2. The fourth-order valence-electron chi connectivity index (χ4n) is 2.32. The summed E-state index contributed by atoms with van der Waals surface area (Å²) >= 11 is 0. The van der Waals surface area contributed by atoms with Crippen LogP contribution in [0, 0.1) is 11.7 Å². The molecule has 0 radical (unpaired) electrons. The molecule has 1 aromatic carbocycles. The number of halogens is 1. The van der Waals surface area contributed by atoms with Crippen molar-refractivity contribution in [1.29, 1.82) is 0 Å². The molecule has 0 aromatic heterocycles. The molecule has 0 saturated carbocycles. The van der Waals surface area contributed by atoms with Crippen molar-refractivity contribution < 1.29 is 4.39 Å². The molecule has 1 unspecified atom stereocenters. The van der Waals surface area contributed by atoms with Crippen molar-refractivity contribution in [1.82, 2.24) is 10.6 Å². The summed E-state index contributed by atoms with van der Waals surface area (Å²) in [5, 5.41) is 6.94. The molecular weight excluding hydrogens is 215 g/mol. The predicted octanol–water partition coefficient (Wildman–Crippen LogP) is 2.26. The van der Waals surface area contributed by atoms with Crippen LogP contribution in [0.4, 0.5) is 4.39 Å². The largest absolute Gasteiger partial charge is 0.315 e. The molecule has 1 aromatic rings. The Kier molecular flexibility index (Phi) is 4.13. The van der Waals surface area contributed by atoms with Gasteiger partial charge >= 0.3 is 0 Å². The van der Waals surface area contributed by atoms with Crippen molar-refractivity contribution in [3.05, 3.63) is 35.1 Å². The third-order valence-corrected chi connectivity index (χ3v) is 3.17. The second-order valence-corrected chi connectivity index (χ2v) is 5.15. The Morgan fingerprint density at radius 3 is 3.06 bits per heavy atom. The third-order valence-electron chi connectivity index (χ3n) is 3.17. The highest BCUT2D eigenvalue weighted by Crippen LogP contribution is 2.23. The van der Waals surface area contributed by atoms with Crippen LogP contribution in [0.2, 0.25) is 0 Å². The molecule has 2 N–H and O–H groups in total. The summed E-state index contributed by atoms with van der Waals surface area (Å²) in [7, 11) is 0. The quantitative estimate of drug-likeness (QED) is 0.838. The summed E-state index contributed by atoms with van der Waals surface area (Å²) in [6, 6.07) is 5.46. The van der Waals surface area contributed by atoms with Crippen LogP contribution >= 0.6 is 0 Å². The molecule has 0 aliphatic carbocycles. The minimum atomic E-state index is -0.125. The molecule has 0 saturated heterocycles. The van der Waals surface area contributed by atoms with E-state index in [0.29, 0.717) is 12.0 Å². The van der Waals surface area contributed by atoms with E-state index in [-0.39, 0.29) is 5.82 Å². The average Bonchev–Trinajstić information content (AvgIpc) is 2.28. The molecule has 0 fully saturated rings. The Labute approximate surface area is 103 Å².